The molecule has 0 aromatic heterocycles. The smallest absolute Gasteiger partial charge is 0.410 e. The summed E-state index contributed by atoms with van der Waals surface area (Å²) in [5, 5.41) is 0.671. The number of ether oxygens (including phenoxy) is 3. The monoisotopic (exact) mass is 466 g/mol. The second-order valence-electron chi connectivity index (χ2n) is 9.59. The van der Waals surface area contributed by atoms with Crippen LogP contribution in [-0.4, -0.2) is 73.5 Å². The average Bonchev–Trinajstić information content (AvgIpc) is 3.51. The lowest BCUT2D eigenvalue weighted by Gasteiger charge is -2.39. The van der Waals surface area contributed by atoms with Crippen molar-refractivity contribution in [3.8, 4) is 0 Å². The Bertz CT molecular complexity index is 798. The summed E-state index contributed by atoms with van der Waals surface area (Å²) in [6.45, 7) is 11.2. The summed E-state index contributed by atoms with van der Waals surface area (Å²) in [5.41, 5.74) is 0.0668. The number of benzene rings is 1. The summed E-state index contributed by atoms with van der Waals surface area (Å²) in [6, 6.07) is 7.76. The number of rotatable bonds is 8. The lowest BCUT2D eigenvalue weighted by molar-refractivity contribution is -0.152. The van der Waals surface area contributed by atoms with E-state index < -0.39 is 11.0 Å². The third-order valence-corrected chi connectivity index (χ3v) is 6.09. The molecule has 0 N–H and O–H groups in total. The Hall–Kier alpha value is -1.83. The van der Waals surface area contributed by atoms with E-state index in [1.54, 1.807) is 4.90 Å². The summed E-state index contributed by atoms with van der Waals surface area (Å²) in [4.78, 5) is 28.7. The predicted molar refractivity (Wildman–Crippen MR) is 123 cm³/mol. The molecule has 1 amide bonds. The standard InChI is InChI=1S/C24H35ClN2O5/c1-5-31-21(28)24(9-10-24)17-30-16-20(18-7-6-8-19(25)15-18)26-11-13-27(14-12-26)22(29)32-23(2,3)4/h6-8,15,20H,5,9-14,16-17H2,1-4H3. The van der Waals surface area contributed by atoms with E-state index in [4.69, 9.17) is 25.8 Å². The molecular weight excluding hydrogens is 432 g/mol. The molecule has 1 aromatic rings. The molecule has 7 nitrogen and oxygen atoms in total. The molecule has 0 bridgehead atoms. The van der Waals surface area contributed by atoms with Crippen LogP contribution >= 0.6 is 11.6 Å². The molecule has 1 saturated carbocycles. The van der Waals surface area contributed by atoms with Crippen molar-refractivity contribution in [1.82, 2.24) is 9.80 Å². The van der Waals surface area contributed by atoms with E-state index in [2.05, 4.69) is 4.90 Å². The number of hydrogen-bond acceptors (Lipinski definition) is 6. The number of esters is 1. The normalized spacial score (nSPS) is 19.3. The van der Waals surface area contributed by atoms with Crippen molar-refractivity contribution in [2.75, 3.05) is 46.0 Å². The number of halogens is 1. The van der Waals surface area contributed by atoms with Crippen LogP contribution in [-0.2, 0) is 19.0 Å². The predicted octanol–water partition coefficient (Wildman–Crippen LogP) is 4.29. The Morgan fingerprint density at radius 1 is 1.16 bits per heavy atom. The first-order valence-corrected chi connectivity index (χ1v) is 11.7. The van der Waals surface area contributed by atoms with Crippen LogP contribution in [0, 0.1) is 5.41 Å². The Morgan fingerprint density at radius 2 is 1.84 bits per heavy atom. The second kappa shape index (κ2) is 10.4. The molecule has 32 heavy (non-hydrogen) atoms. The zero-order chi connectivity index (χ0) is 23.4. The van der Waals surface area contributed by atoms with Crippen LogP contribution in [0.4, 0.5) is 4.79 Å². The van der Waals surface area contributed by atoms with Crippen LogP contribution in [0.1, 0.15) is 52.1 Å². The van der Waals surface area contributed by atoms with Gasteiger partial charge in [-0.2, -0.15) is 0 Å². The van der Waals surface area contributed by atoms with Crippen LogP contribution in [0.2, 0.25) is 5.02 Å². The lowest BCUT2D eigenvalue weighted by Crippen LogP contribution is -2.51. The average molecular weight is 467 g/mol. The highest BCUT2D eigenvalue weighted by atomic mass is 35.5. The van der Waals surface area contributed by atoms with Gasteiger partial charge in [0.15, 0.2) is 0 Å². The first-order chi connectivity index (χ1) is 15.1. The molecule has 8 heteroatoms. The van der Waals surface area contributed by atoms with Gasteiger partial charge < -0.3 is 19.1 Å². The van der Waals surface area contributed by atoms with Gasteiger partial charge >= 0.3 is 12.1 Å². The Kier molecular flexibility index (Phi) is 8.06. The van der Waals surface area contributed by atoms with Crippen molar-refractivity contribution in [3.63, 3.8) is 0 Å². The largest absolute Gasteiger partial charge is 0.465 e. The molecule has 0 spiro atoms. The van der Waals surface area contributed by atoms with Gasteiger partial charge in [-0.1, -0.05) is 23.7 Å². The molecular formula is C24H35ClN2O5. The van der Waals surface area contributed by atoms with Gasteiger partial charge in [-0.05, 0) is 58.2 Å². The zero-order valence-electron chi connectivity index (χ0n) is 19.6. The highest BCUT2D eigenvalue weighted by molar-refractivity contribution is 6.30. The van der Waals surface area contributed by atoms with Gasteiger partial charge in [-0.3, -0.25) is 9.69 Å². The molecule has 1 heterocycles. The third kappa shape index (κ3) is 6.59. The minimum atomic E-state index is -0.511. The van der Waals surface area contributed by atoms with Crippen molar-refractivity contribution >= 4 is 23.7 Å². The highest BCUT2D eigenvalue weighted by Gasteiger charge is 2.51. The van der Waals surface area contributed by atoms with Crippen LogP contribution < -0.4 is 0 Å². The van der Waals surface area contributed by atoms with Gasteiger partial charge in [0.05, 0.1) is 31.3 Å². The molecule has 1 unspecified atom stereocenters. The maximum Gasteiger partial charge on any atom is 0.410 e. The van der Waals surface area contributed by atoms with Crippen molar-refractivity contribution in [2.45, 2.75) is 52.2 Å². The Labute approximate surface area is 195 Å². The third-order valence-electron chi connectivity index (χ3n) is 5.86. The highest BCUT2D eigenvalue weighted by Crippen LogP contribution is 2.47. The topological polar surface area (TPSA) is 68.3 Å². The number of amides is 1. The maximum atomic E-state index is 12.4. The maximum absolute atomic E-state index is 12.4. The number of carbonyl (C=O) groups is 2. The van der Waals surface area contributed by atoms with Gasteiger partial charge in [0.2, 0.25) is 0 Å². The Morgan fingerprint density at radius 3 is 2.41 bits per heavy atom. The number of carbonyl (C=O) groups excluding carboxylic acids is 2. The summed E-state index contributed by atoms with van der Waals surface area (Å²) in [5.74, 6) is -0.162. The molecule has 1 aliphatic carbocycles. The van der Waals surface area contributed by atoms with E-state index in [0.717, 1.165) is 18.4 Å². The van der Waals surface area contributed by atoms with Crippen molar-refractivity contribution in [3.05, 3.63) is 34.9 Å². The minimum absolute atomic E-state index is 0.0208. The van der Waals surface area contributed by atoms with Gasteiger partial charge in [-0.15, -0.1) is 0 Å². The van der Waals surface area contributed by atoms with E-state index in [1.165, 1.54) is 0 Å². The molecule has 178 valence electrons. The first kappa shape index (κ1) is 24.8. The fourth-order valence-corrected chi connectivity index (χ4v) is 4.08. The van der Waals surface area contributed by atoms with Crippen LogP contribution in [0.5, 0.6) is 0 Å². The zero-order valence-corrected chi connectivity index (χ0v) is 20.3. The SMILES string of the molecule is CCOC(=O)C1(COCC(c2cccc(Cl)c2)N2CCN(C(=O)OC(C)(C)C)CC2)CC1. The molecule has 3 rings (SSSR count). The van der Waals surface area contributed by atoms with Crippen LogP contribution in [0.15, 0.2) is 24.3 Å². The molecule has 2 aliphatic rings. The molecule has 2 fully saturated rings. The molecule has 1 saturated heterocycles. The number of piperazine rings is 1. The van der Waals surface area contributed by atoms with Gasteiger partial charge in [0.1, 0.15) is 5.60 Å². The van der Waals surface area contributed by atoms with Gasteiger partial charge in [0, 0.05) is 31.2 Å². The quantitative estimate of drug-likeness (QED) is 0.532. The lowest BCUT2D eigenvalue weighted by atomic mass is 10.0. The van der Waals surface area contributed by atoms with Gasteiger partial charge in [0.25, 0.3) is 0 Å². The molecule has 1 aromatic carbocycles. The van der Waals surface area contributed by atoms with Crippen molar-refractivity contribution in [2.24, 2.45) is 5.41 Å². The first-order valence-electron chi connectivity index (χ1n) is 11.4. The summed E-state index contributed by atoms with van der Waals surface area (Å²) in [6.07, 6.45) is 1.34. The van der Waals surface area contributed by atoms with Gasteiger partial charge in [-0.25, -0.2) is 4.79 Å². The van der Waals surface area contributed by atoms with Crippen molar-refractivity contribution < 1.29 is 23.8 Å². The van der Waals surface area contributed by atoms with E-state index in [9.17, 15) is 9.59 Å². The van der Waals surface area contributed by atoms with E-state index in [-0.39, 0.29) is 18.1 Å². The minimum Gasteiger partial charge on any atom is -0.465 e. The molecule has 1 atom stereocenters. The summed E-state index contributed by atoms with van der Waals surface area (Å²) in [7, 11) is 0. The fourth-order valence-electron chi connectivity index (χ4n) is 3.88. The summed E-state index contributed by atoms with van der Waals surface area (Å²) >= 11 is 6.26. The summed E-state index contributed by atoms with van der Waals surface area (Å²) < 4.78 is 16.8. The molecule has 0 radical (unpaired) electrons. The van der Waals surface area contributed by atoms with E-state index in [1.807, 2.05) is 52.0 Å². The number of hydrogen-bond donors (Lipinski definition) is 0. The van der Waals surface area contributed by atoms with Crippen LogP contribution in [0.25, 0.3) is 0 Å². The fraction of sp³-hybridized carbons (Fsp3) is 0.667. The Balaban J connectivity index is 1.62. The number of nitrogens with zero attached hydrogens (tertiary/aromatic N) is 2. The molecule has 1 aliphatic heterocycles. The van der Waals surface area contributed by atoms with Crippen LogP contribution in [0.3, 0.4) is 0 Å². The van der Waals surface area contributed by atoms with Crippen molar-refractivity contribution in [1.29, 1.82) is 0 Å². The second-order valence-corrected chi connectivity index (χ2v) is 10.0. The van der Waals surface area contributed by atoms with E-state index >= 15 is 0 Å². The van der Waals surface area contributed by atoms with E-state index in [0.29, 0.717) is 51.0 Å².